The molecule has 0 heterocycles. The summed E-state index contributed by atoms with van der Waals surface area (Å²) in [7, 11) is -9.89. The van der Waals surface area contributed by atoms with Gasteiger partial charge in [-0.3, -0.25) is 37.3 Å². The Kier molecular flexibility index (Phi) is 66.2. The minimum Gasteiger partial charge on any atom is -0.462 e. The molecular formula is C73H142O17P2. The number of hydrogen-bond acceptors (Lipinski definition) is 15. The lowest BCUT2D eigenvalue weighted by Gasteiger charge is -2.21. The molecule has 5 atom stereocenters. The lowest BCUT2D eigenvalue weighted by atomic mass is 10.0. The number of phosphoric ester groups is 2. The van der Waals surface area contributed by atoms with Gasteiger partial charge in [0.15, 0.2) is 12.2 Å². The van der Waals surface area contributed by atoms with Crippen LogP contribution in [0.3, 0.4) is 0 Å². The molecule has 0 saturated carbocycles. The molecule has 0 radical (unpaired) electrons. The van der Waals surface area contributed by atoms with Crippen LogP contribution in [0.15, 0.2) is 0 Å². The number of phosphoric acid groups is 2. The van der Waals surface area contributed by atoms with Crippen molar-refractivity contribution < 1.29 is 80.2 Å². The van der Waals surface area contributed by atoms with E-state index in [1.54, 1.807) is 0 Å². The third-order valence-corrected chi connectivity index (χ3v) is 19.0. The molecule has 546 valence electrons. The number of hydrogen-bond donors (Lipinski definition) is 3. The summed E-state index contributed by atoms with van der Waals surface area (Å²) in [6, 6.07) is 0. The Morgan fingerprint density at radius 2 is 0.435 bits per heavy atom. The second kappa shape index (κ2) is 67.6. The topological polar surface area (TPSA) is 237 Å². The molecule has 92 heavy (non-hydrogen) atoms. The van der Waals surface area contributed by atoms with Gasteiger partial charge in [0.1, 0.15) is 19.3 Å². The van der Waals surface area contributed by atoms with Crippen LogP contribution in [0, 0.1) is 0 Å². The molecule has 0 fully saturated rings. The number of carbonyl (C=O) groups excluding carboxylic acids is 4. The molecule has 0 aliphatic heterocycles. The van der Waals surface area contributed by atoms with E-state index >= 15 is 0 Å². The molecule has 0 rings (SSSR count). The largest absolute Gasteiger partial charge is 0.472 e. The molecule has 0 aromatic carbocycles. The minimum absolute atomic E-state index is 0.105. The Balaban J connectivity index is 5.12. The molecule has 0 spiro atoms. The van der Waals surface area contributed by atoms with Gasteiger partial charge in [-0.05, 0) is 25.7 Å². The Hall–Kier alpha value is -1.94. The third kappa shape index (κ3) is 66.7. The molecule has 0 saturated heterocycles. The van der Waals surface area contributed by atoms with Gasteiger partial charge in [-0.2, -0.15) is 0 Å². The minimum atomic E-state index is -4.95. The zero-order valence-electron chi connectivity index (χ0n) is 59.5. The molecule has 0 aliphatic carbocycles. The summed E-state index contributed by atoms with van der Waals surface area (Å²) in [4.78, 5) is 72.4. The maximum absolute atomic E-state index is 13.1. The highest BCUT2D eigenvalue weighted by molar-refractivity contribution is 7.47. The highest BCUT2D eigenvalue weighted by Crippen LogP contribution is 2.45. The number of carbonyl (C=O) groups is 4. The molecule has 0 aromatic rings. The van der Waals surface area contributed by atoms with E-state index in [1.807, 2.05) is 0 Å². The Bertz CT molecular complexity index is 1760. The van der Waals surface area contributed by atoms with Gasteiger partial charge in [0.2, 0.25) is 0 Å². The summed E-state index contributed by atoms with van der Waals surface area (Å²) < 4.78 is 68.2. The van der Waals surface area contributed by atoms with Crippen LogP contribution in [-0.4, -0.2) is 96.7 Å². The van der Waals surface area contributed by atoms with E-state index in [0.29, 0.717) is 25.7 Å². The van der Waals surface area contributed by atoms with Gasteiger partial charge in [-0.15, -0.1) is 0 Å². The van der Waals surface area contributed by atoms with Crippen molar-refractivity contribution in [2.24, 2.45) is 0 Å². The number of aliphatic hydroxyl groups excluding tert-OH is 1. The lowest BCUT2D eigenvalue weighted by molar-refractivity contribution is -0.161. The zero-order valence-corrected chi connectivity index (χ0v) is 61.3. The van der Waals surface area contributed by atoms with Crippen LogP contribution in [0.4, 0.5) is 0 Å². The first-order chi connectivity index (χ1) is 44.7. The Labute approximate surface area is 562 Å². The van der Waals surface area contributed by atoms with Crippen LogP contribution in [0.25, 0.3) is 0 Å². The highest BCUT2D eigenvalue weighted by Gasteiger charge is 2.30. The molecule has 0 aromatic heterocycles. The van der Waals surface area contributed by atoms with Gasteiger partial charge in [0, 0.05) is 25.7 Å². The fourth-order valence-electron chi connectivity index (χ4n) is 11.2. The van der Waals surface area contributed by atoms with E-state index in [2.05, 4.69) is 27.7 Å². The fraction of sp³-hybridized carbons (Fsp3) is 0.945. The smallest absolute Gasteiger partial charge is 0.462 e. The monoisotopic (exact) mass is 1350 g/mol. The van der Waals surface area contributed by atoms with Gasteiger partial charge in [0.25, 0.3) is 0 Å². The first kappa shape index (κ1) is 90.1. The number of rotatable bonds is 74. The van der Waals surface area contributed by atoms with Crippen LogP contribution < -0.4 is 0 Å². The molecule has 0 bridgehead atoms. The first-order valence-corrected chi connectivity index (χ1v) is 41.3. The summed E-state index contributed by atoms with van der Waals surface area (Å²) in [5.41, 5.74) is 0. The lowest BCUT2D eigenvalue weighted by Crippen LogP contribution is -2.30. The van der Waals surface area contributed by atoms with E-state index in [1.165, 1.54) is 199 Å². The fourth-order valence-corrected chi connectivity index (χ4v) is 12.8. The van der Waals surface area contributed by atoms with E-state index in [4.69, 9.17) is 37.0 Å². The van der Waals surface area contributed by atoms with Crippen LogP contribution in [0.2, 0.25) is 0 Å². The average Bonchev–Trinajstić information content (AvgIpc) is 1.81. The quantitative estimate of drug-likeness (QED) is 0.0222. The van der Waals surface area contributed by atoms with E-state index in [9.17, 15) is 43.2 Å². The van der Waals surface area contributed by atoms with Crippen LogP contribution in [0.1, 0.15) is 387 Å². The van der Waals surface area contributed by atoms with E-state index in [0.717, 1.165) is 109 Å². The van der Waals surface area contributed by atoms with E-state index in [-0.39, 0.29) is 25.7 Å². The first-order valence-electron chi connectivity index (χ1n) is 38.3. The third-order valence-electron chi connectivity index (χ3n) is 17.1. The van der Waals surface area contributed by atoms with Gasteiger partial charge >= 0.3 is 39.5 Å². The van der Waals surface area contributed by atoms with Gasteiger partial charge in [-0.25, -0.2) is 9.13 Å². The van der Waals surface area contributed by atoms with E-state index < -0.39 is 97.5 Å². The summed E-state index contributed by atoms with van der Waals surface area (Å²) in [6.45, 7) is 4.89. The van der Waals surface area contributed by atoms with Crippen molar-refractivity contribution in [1.29, 1.82) is 0 Å². The standard InChI is InChI=1S/C73H142O17P2/c1-5-9-13-17-21-24-26-28-30-32-33-34-35-36-38-40-42-44-48-52-56-60-73(78)90-69(64-84-71(76)58-54-50-47-43-41-39-37-31-29-27-25-22-18-14-10-6-2)66-88-92(81,82)86-62-67(74)61-85-91(79,80)87-65-68(63-83-70(75)57-53-49-45-20-16-12-8-4)89-72(77)59-55-51-46-23-19-15-11-7-3/h67-69,74H,5-66H2,1-4H3,(H,79,80)(H,81,82)/t67-,68+,69+/m0/s1. The highest BCUT2D eigenvalue weighted by atomic mass is 31.2. The van der Waals surface area contributed by atoms with Crippen LogP contribution >= 0.6 is 15.6 Å². The van der Waals surface area contributed by atoms with Crippen LogP contribution in [-0.2, 0) is 65.4 Å². The SMILES string of the molecule is CCCCCCCCCCCCCCCCCCCCCCCC(=O)O[C@H](COC(=O)CCCCCCCCCCCCCCCCCC)COP(=O)(O)OC[C@@H](O)COP(=O)(O)OC[C@@H](COC(=O)CCCCCCCCC)OC(=O)CCCCCCCCCC. The second-order valence-electron chi connectivity index (χ2n) is 26.3. The van der Waals surface area contributed by atoms with Crippen molar-refractivity contribution >= 4 is 39.5 Å². The maximum Gasteiger partial charge on any atom is 0.472 e. The Morgan fingerprint density at radius 3 is 0.641 bits per heavy atom. The molecular weight excluding hydrogens is 1210 g/mol. The maximum atomic E-state index is 13.1. The number of esters is 4. The normalized spacial score (nSPS) is 13.9. The molecule has 3 N–H and O–H groups in total. The van der Waals surface area contributed by atoms with Gasteiger partial charge < -0.3 is 33.8 Å². The molecule has 19 heteroatoms. The predicted octanol–water partition coefficient (Wildman–Crippen LogP) is 21.4. The van der Waals surface area contributed by atoms with Crippen molar-refractivity contribution in [2.75, 3.05) is 39.6 Å². The Morgan fingerprint density at radius 1 is 0.261 bits per heavy atom. The summed E-state index contributed by atoms with van der Waals surface area (Å²) in [5.74, 6) is -2.13. The van der Waals surface area contributed by atoms with Crippen LogP contribution in [0.5, 0.6) is 0 Å². The molecule has 0 aliphatic rings. The summed E-state index contributed by atoms with van der Waals surface area (Å²) in [6.07, 6.45) is 57.3. The van der Waals surface area contributed by atoms with Crippen molar-refractivity contribution in [2.45, 2.75) is 406 Å². The van der Waals surface area contributed by atoms with Crippen molar-refractivity contribution in [3.05, 3.63) is 0 Å². The zero-order chi connectivity index (χ0) is 67.5. The number of unbranched alkanes of at least 4 members (excludes halogenated alkanes) is 48. The van der Waals surface area contributed by atoms with Crippen molar-refractivity contribution in [3.8, 4) is 0 Å². The van der Waals surface area contributed by atoms with Crippen molar-refractivity contribution in [3.63, 3.8) is 0 Å². The van der Waals surface area contributed by atoms with Gasteiger partial charge in [-0.1, -0.05) is 336 Å². The second-order valence-corrected chi connectivity index (χ2v) is 29.2. The summed E-state index contributed by atoms with van der Waals surface area (Å²) in [5, 5.41) is 10.6. The average molecular weight is 1350 g/mol. The molecule has 2 unspecified atom stereocenters. The summed E-state index contributed by atoms with van der Waals surface area (Å²) >= 11 is 0. The van der Waals surface area contributed by atoms with Gasteiger partial charge in [0.05, 0.1) is 26.4 Å². The van der Waals surface area contributed by atoms with Crippen molar-refractivity contribution in [1.82, 2.24) is 0 Å². The molecule has 0 amide bonds. The molecule has 17 nitrogen and oxygen atoms in total. The predicted molar refractivity (Wildman–Crippen MR) is 372 cm³/mol. The number of ether oxygens (including phenoxy) is 4. The number of aliphatic hydroxyl groups is 1.